The number of aryl methyl sites for hydroxylation is 1. The van der Waals surface area contributed by atoms with E-state index in [9.17, 15) is 4.79 Å². The molecule has 1 aliphatic rings. The lowest BCUT2D eigenvalue weighted by atomic mass is 9.75. The van der Waals surface area contributed by atoms with E-state index in [0.29, 0.717) is 42.7 Å². The molecular formula is C21H24N4O4. The van der Waals surface area contributed by atoms with Gasteiger partial charge in [0.05, 0.1) is 17.4 Å². The van der Waals surface area contributed by atoms with Crippen molar-refractivity contribution in [3.63, 3.8) is 0 Å². The van der Waals surface area contributed by atoms with Crippen LogP contribution in [0.5, 0.6) is 0 Å². The topological polar surface area (TPSA) is 94.5 Å². The highest BCUT2D eigenvalue weighted by molar-refractivity contribution is 5.95. The van der Waals surface area contributed by atoms with Crippen LogP contribution in [0.4, 0.5) is 0 Å². The molecule has 0 bridgehead atoms. The standard InChI is InChI=1S/C21H24N4O4/c1-15-17(5-12-28-15)19(26)25-10-6-21(7-11-25,8-13-27-2)20-23-18(29-24-20)16-4-3-9-22-14-16/h3-5,9,12,14H,6-8,10-11,13H2,1-2H3. The Balaban J connectivity index is 1.54. The molecule has 0 spiro atoms. The van der Waals surface area contributed by atoms with Gasteiger partial charge in [-0.1, -0.05) is 5.16 Å². The van der Waals surface area contributed by atoms with Crippen molar-refractivity contribution in [1.82, 2.24) is 20.0 Å². The number of pyridine rings is 1. The largest absolute Gasteiger partial charge is 0.469 e. The van der Waals surface area contributed by atoms with Crippen LogP contribution in [0, 0.1) is 6.92 Å². The summed E-state index contributed by atoms with van der Waals surface area (Å²) < 4.78 is 16.1. The smallest absolute Gasteiger partial charge is 0.259 e. The number of hydrogen-bond donors (Lipinski definition) is 0. The van der Waals surface area contributed by atoms with Gasteiger partial charge < -0.3 is 18.6 Å². The minimum absolute atomic E-state index is 0.000697. The Kier molecular flexibility index (Phi) is 5.44. The summed E-state index contributed by atoms with van der Waals surface area (Å²) in [5.74, 6) is 1.77. The summed E-state index contributed by atoms with van der Waals surface area (Å²) in [5.41, 5.74) is 1.12. The molecule has 4 rings (SSSR count). The Bertz CT molecular complexity index is 958. The molecule has 0 aromatic carbocycles. The van der Waals surface area contributed by atoms with E-state index in [1.165, 1.54) is 0 Å². The first kappa shape index (κ1) is 19.3. The molecule has 0 N–H and O–H groups in total. The molecule has 0 saturated carbocycles. The third-order valence-corrected chi connectivity index (χ3v) is 5.69. The molecule has 29 heavy (non-hydrogen) atoms. The first-order valence-corrected chi connectivity index (χ1v) is 9.70. The van der Waals surface area contributed by atoms with Gasteiger partial charge in [0, 0.05) is 44.6 Å². The Morgan fingerprint density at radius 1 is 1.31 bits per heavy atom. The Morgan fingerprint density at radius 3 is 2.79 bits per heavy atom. The summed E-state index contributed by atoms with van der Waals surface area (Å²) >= 11 is 0. The van der Waals surface area contributed by atoms with Gasteiger partial charge in [-0.15, -0.1) is 0 Å². The van der Waals surface area contributed by atoms with Crippen molar-refractivity contribution in [2.45, 2.75) is 31.6 Å². The van der Waals surface area contributed by atoms with Gasteiger partial charge in [0.2, 0.25) is 0 Å². The lowest BCUT2D eigenvalue weighted by Gasteiger charge is -2.39. The summed E-state index contributed by atoms with van der Waals surface area (Å²) in [7, 11) is 1.69. The van der Waals surface area contributed by atoms with Gasteiger partial charge in [-0.2, -0.15) is 4.98 Å². The summed E-state index contributed by atoms with van der Waals surface area (Å²) in [4.78, 5) is 23.5. The second-order valence-electron chi connectivity index (χ2n) is 7.37. The van der Waals surface area contributed by atoms with Crippen LogP contribution in [0.25, 0.3) is 11.5 Å². The van der Waals surface area contributed by atoms with Gasteiger partial charge in [-0.25, -0.2) is 0 Å². The van der Waals surface area contributed by atoms with E-state index in [1.807, 2.05) is 17.0 Å². The first-order chi connectivity index (χ1) is 14.1. The molecule has 3 aromatic rings. The van der Waals surface area contributed by atoms with Crippen LogP contribution in [-0.2, 0) is 10.2 Å². The number of amides is 1. The minimum atomic E-state index is -0.289. The van der Waals surface area contributed by atoms with Crippen molar-refractivity contribution in [3.05, 3.63) is 54.0 Å². The Morgan fingerprint density at radius 2 is 2.14 bits per heavy atom. The molecule has 0 atom stereocenters. The van der Waals surface area contributed by atoms with Crippen molar-refractivity contribution in [3.8, 4) is 11.5 Å². The van der Waals surface area contributed by atoms with Crippen LogP contribution in [-0.4, -0.2) is 52.7 Å². The van der Waals surface area contributed by atoms with Crippen LogP contribution in [0.1, 0.15) is 41.2 Å². The highest BCUT2D eigenvalue weighted by Gasteiger charge is 2.41. The van der Waals surface area contributed by atoms with Gasteiger partial charge in [0.1, 0.15) is 5.76 Å². The summed E-state index contributed by atoms with van der Waals surface area (Å²) in [6.07, 6.45) is 7.20. The van der Waals surface area contributed by atoms with Crippen molar-refractivity contribution in [2.75, 3.05) is 26.8 Å². The zero-order valence-corrected chi connectivity index (χ0v) is 16.6. The molecule has 3 aromatic heterocycles. The highest BCUT2D eigenvalue weighted by Crippen LogP contribution is 2.38. The maximum absolute atomic E-state index is 12.8. The van der Waals surface area contributed by atoms with Gasteiger partial charge in [0.25, 0.3) is 11.8 Å². The van der Waals surface area contributed by atoms with Crippen LogP contribution in [0.2, 0.25) is 0 Å². The van der Waals surface area contributed by atoms with Gasteiger partial charge >= 0.3 is 0 Å². The first-order valence-electron chi connectivity index (χ1n) is 9.70. The minimum Gasteiger partial charge on any atom is -0.469 e. The van der Waals surface area contributed by atoms with Crippen LogP contribution >= 0.6 is 0 Å². The van der Waals surface area contributed by atoms with Gasteiger partial charge in [-0.05, 0) is 44.4 Å². The normalized spacial score (nSPS) is 16.1. The zero-order valence-electron chi connectivity index (χ0n) is 16.6. The third-order valence-electron chi connectivity index (χ3n) is 5.69. The van der Waals surface area contributed by atoms with E-state index < -0.39 is 0 Å². The number of hydrogen-bond acceptors (Lipinski definition) is 7. The maximum Gasteiger partial charge on any atom is 0.259 e. The number of aromatic nitrogens is 3. The fraction of sp³-hybridized carbons (Fsp3) is 0.429. The molecule has 4 heterocycles. The van der Waals surface area contributed by atoms with Crippen molar-refractivity contribution in [2.24, 2.45) is 0 Å². The predicted molar refractivity (Wildman–Crippen MR) is 104 cm³/mol. The number of piperidine rings is 1. The Hall–Kier alpha value is -3.00. The number of likely N-dealkylation sites (tertiary alicyclic amines) is 1. The number of nitrogens with zero attached hydrogens (tertiary/aromatic N) is 4. The third kappa shape index (κ3) is 3.80. The zero-order chi connectivity index (χ0) is 20.3. The SMILES string of the molecule is COCCC1(c2noc(-c3cccnc3)n2)CCN(C(=O)c2ccoc2C)CC1. The molecular weight excluding hydrogens is 372 g/mol. The second-order valence-corrected chi connectivity index (χ2v) is 7.37. The molecule has 1 saturated heterocycles. The van der Waals surface area contributed by atoms with Crippen molar-refractivity contribution >= 4 is 5.91 Å². The molecule has 0 unspecified atom stereocenters. The molecule has 8 nitrogen and oxygen atoms in total. The molecule has 0 aliphatic carbocycles. The number of furan rings is 1. The highest BCUT2D eigenvalue weighted by atomic mass is 16.5. The Labute approximate surface area is 168 Å². The molecule has 1 fully saturated rings. The van der Waals surface area contributed by atoms with Gasteiger partial charge in [0.15, 0.2) is 5.82 Å². The fourth-order valence-corrected chi connectivity index (χ4v) is 3.84. The quantitative estimate of drug-likeness (QED) is 0.631. The van der Waals surface area contributed by atoms with Crippen LogP contribution in [0.3, 0.4) is 0 Å². The molecule has 1 amide bonds. The predicted octanol–water partition coefficient (Wildman–Crippen LogP) is 3.24. The number of carbonyl (C=O) groups is 1. The van der Waals surface area contributed by atoms with E-state index in [2.05, 4.69) is 15.1 Å². The van der Waals surface area contributed by atoms with Gasteiger partial charge in [-0.3, -0.25) is 9.78 Å². The molecule has 8 heteroatoms. The molecule has 1 aliphatic heterocycles. The number of rotatable bonds is 6. The van der Waals surface area contributed by atoms with E-state index in [1.54, 1.807) is 38.8 Å². The summed E-state index contributed by atoms with van der Waals surface area (Å²) in [6.45, 7) is 3.62. The summed E-state index contributed by atoms with van der Waals surface area (Å²) in [5, 5.41) is 4.29. The average Bonchev–Trinajstić information content (AvgIpc) is 3.42. The van der Waals surface area contributed by atoms with Crippen molar-refractivity contribution in [1.29, 1.82) is 0 Å². The fourth-order valence-electron chi connectivity index (χ4n) is 3.84. The number of methoxy groups -OCH3 is 1. The lowest BCUT2D eigenvalue weighted by Crippen LogP contribution is -2.46. The van der Waals surface area contributed by atoms with E-state index in [4.69, 9.17) is 13.7 Å². The average molecular weight is 396 g/mol. The number of carbonyl (C=O) groups excluding carboxylic acids is 1. The monoisotopic (exact) mass is 396 g/mol. The van der Waals surface area contributed by atoms with Crippen molar-refractivity contribution < 1.29 is 18.5 Å². The van der Waals surface area contributed by atoms with E-state index >= 15 is 0 Å². The van der Waals surface area contributed by atoms with E-state index in [0.717, 1.165) is 24.8 Å². The maximum atomic E-state index is 12.8. The van der Waals surface area contributed by atoms with E-state index in [-0.39, 0.29) is 11.3 Å². The molecule has 152 valence electrons. The molecule has 0 radical (unpaired) electrons. The second kappa shape index (κ2) is 8.16. The lowest BCUT2D eigenvalue weighted by molar-refractivity contribution is 0.0614. The number of ether oxygens (including phenoxy) is 1. The van der Waals surface area contributed by atoms with Crippen LogP contribution in [0.15, 0.2) is 45.8 Å². The summed E-state index contributed by atoms with van der Waals surface area (Å²) in [6, 6.07) is 5.45. The van der Waals surface area contributed by atoms with Crippen LogP contribution < -0.4 is 0 Å².